The maximum absolute atomic E-state index is 14.4. The van der Waals surface area contributed by atoms with E-state index in [9.17, 15) is 31.2 Å². The number of thiophene rings is 1. The highest BCUT2D eigenvalue weighted by Gasteiger charge is 2.31. The Labute approximate surface area is 281 Å². The van der Waals surface area contributed by atoms with Gasteiger partial charge in [-0.1, -0.05) is 6.07 Å². The van der Waals surface area contributed by atoms with Crippen LogP contribution in [0.5, 0.6) is 0 Å². The third kappa shape index (κ3) is 7.60. The Hall–Kier alpha value is -3.36. The monoisotopic (exact) mass is 706 g/mol. The first-order chi connectivity index (χ1) is 22.8. The first kappa shape index (κ1) is 34.5. The molecule has 4 aromatic rings. The van der Waals surface area contributed by atoms with Crippen molar-refractivity contribution < 1.29 is 26.0 Å². The smallest absolute Gasteiger partial charge is 0.367 e. The second-order valence-corrected chi connectivity index (χ2v) is 15.8. The zero-order valence-electron chi connectivity index (χ0n) is 26.8. The molecule has 16 heteroatoms. The van der Waals surface area contributed by atoms with Crippen LogP contribution in [0.15, 0.2) is 30.6 Å². The topological polar surface area (TPSA) is 110 Å². The van der Waals surface area contributed by atoms with Gasteiger partial charge in [0.1, 0.15) is 35.4 Å². The molecule has 1 aromatic carbocycles. The molecule has 0 radical (unpaired) electrons. The van der Waals surface area contributed by atoms with E-state index in [0.29, 0.717) is 47.9 Å². The molecular formula is C32H38F4N8O2S2. The maximum Gasteiger partial charge on any atom is 0.393 e. The van der Waals surface area contributed by atoms with Crippen LogP contribution in [-0.2, 0) is 29.5 Å². The predicted molar refractivity (Wildman–Crippen MR) is 178 cm³/mol. The SMILES string of the molecule is Cc1c(CN2CCC(Nc3ncnc4sc(CC(F)(F)F)cc34)CC2)ccc2c1cc(C#N)n2CC(CF)N1CCN(S(C)(=O)=O)CC1. The number of fused-ring (bicyclic) bond motifs is 2. The van der Waals surface area contributed by atoms with Gasteiger partial charge in [-0.3, -0.25) is 9.80 Å². The molecule has 1 atom stereocenters. The molecule has 0 saturated carbocycles. The molecule has 2 aliphatic rings. The van der Waals surface area contributed by atoms with E-state index in [4.69, 9.17) is 0 Å². The molecule has 2 aliphatic heterocycles. The van der Waals surface area contributed by atoms with E-state index >= 15 is 0 Å². The highest BCUT2D eigenvalue weighted by Crippen LogP contribution is 2.34. The summed E-state index contributed by atoms with van der Waals surface area (Å²) in [6.07, 6.45) is -1.02. The van der Waals surface area contributed by atoms with Crippen molar-refractivity contribution in [1.29, 1.82) is 5.26 Å². The average Bonchev–Trinajstić information content (AvgIpc) is 3.62. The van der Waals surface area contributed by atoms with Crippen molar-refractivity contribution >= 4 is 48.3 Å². The number of anilines is 1. The van der Waals surface area contributed by atoms with Crippen LogP contribution in [0.4, 0.5) is 23.4 Å². The van der Waals surface area contributed by atoms with Crippen LogP contribution in [0.3, 0.4) is 0 Å². The molecule has 1 unspecified atom stereocenters. The van der Waals surface area contributed by atoms with Gasteiger partial charge in [-0.15, -0.1) is 11.3 Å². The Morgan fingerprint density at radius 2 is 1.81 bits per heavy atom. The fourth-order valence-corrected chi connectivity index (χ4v) is 8.68. The molecule has 6 rings (SSSR count). The van der Waals surface area contributed by atoms with E-state index in [1.165, 1.54) is 23.0 Å². The number of hydrogen-bond donors (Lipinski definition) is 1. The van der Waals surface area contributed by atoms with Gasteiger partial charge in [0, 0.05) is 74.2 Å². The van der Waals surface area contributed by atoms with Gasteiger partial charge in [0.25, 0.3) is 0 Å². The van der Waals surface area contributed by atoms with Gasteiger partial charge in [-0.05, 0) is 49.1 Å². The lowest BCUT2D eigenvalue weighted by atomic mass is 10.0. The van der Waals surface area contributed by atoms with Crippen molar-refractivity contribution in [2.75, 3.05) is 57.5 Å². The highest BCUT2D eigenvalue weighted by atomic mass is 32.2. The predicted octanol–water partition coefficient (Wildman–Crippen LogP) is 4.92. The van der Waals surface area contributed by atoms with Crippen LogP contribution in [0.1, 0.15) is 34.5 Å². The number of nitrogens with zero attached hydrogens (tertiary/aromatic N) is 7. The van der Waals surface area contributed by atoms with Gasteiger partial charge in [-0.25, -0.2) is 22.8 Å². The number of piperazine rings is 1. The van der Waals surface area contributed by atoms with Gasteiger partial charge in [0.15, 0.2) is 0 Å². The minimum absolute atomic E-state index is 0.124. The summed E-state index contributed by atoms with van der Waals surface area (Å²) in [5.74, 6) is 0.563. The highest BCUT2D eigenvalue weighted by molar-refractivity contribution is 7.88. The number of hydrogen-bond acceptors (Lipinski definition) is 9. The van der Waals surface area contributed by atoms with E-state index in [-0.39, 0.29) is 17.5 Å². The molecule has 258 valence electrons. The summed E-state index contributed by atoms with van der Waals surface area (Å²) in [5.41, 5.74) is 3.53. The number of aryl methyl sites for hydroxylation is 1. The number of nitrogens with one attached hydrogen (secondary N) is 1. The molecule has 0 bridgehead atoms. The largest absolute Gasteiger partial charge is 0.393 e. The Morgan fingerprint density at radius 3 is 2.46 bits per heavy atom. The van der Waals surface area contributed by atoms with E-state index in [2.05, 4.69) is 32.3 Å². The summed E-state index contributed by atoms with van der Waals surface area (Å²) in [6, 6.07) is 9.39. The molecule has 2 saturated heterocycles. The third-order valence-corrected chi connectivity index (χ3v) is 11.8. The van der Waals surface area contributed by atoms with Crippen molar-refractivity contribution in [1.82, 2.24) is 28.6 Å². The first-order valence-electron chi connectivity index (χ1n) is 15.9. The number of nitriles is 1. The van der Waals surface area contributed by atoms with E-state index in [1.807, 2.05) is 28.5 Å². The van der Waals surface area contributed by atoms with Gasteiger partial charge in [0.2, 0.25) is 10.0 Å². The number of piperidine rings is 1. The number of halogens is 4. The lowest BCUT2D eigenvalue weighted by Crippen LogP contribution is -2.53. The Morgan fingerprint density at radius 1 is 1.08 bits per heavy atom. The summed E-state index contributed by atoms with van der Waals surface area (Å²) in [6.45, 7) is 5.57. The number of aromatic nitrogens is 3. The summed E-state index contributed by atoms with van der Waals surface area (Å²) in [4.78, 5) is 13.6. The fraction of sp³-hybridized carbons (Fsp3) is 0.531. The summed E-state index contributed by atoms with van der Waals surface area (Å²) in [5, 5.41) is 15.0. The Balaban J connectivity index is 1.10. The van der Waals surface area contributed by atoms with Crippen LogP contribution in [-0.4, -0.2) is 108 Å². The average molecular weight is 707 g/mol. The second kappa shape index (κ2) is 13.9. The number of benzene rings is 1. The lowest BCUT2D eigenvalue weighted by Gasteiger charge is -2.37. The van der Waals surface area contributed by atoms with Gasteiger partial charge in [-0.2, -0.15) is 22.7 Å². The molecule has 48 heavy (non-hydrogen) atoms. The molecule has 10 nitrogen and oxygen atoms in total. The van der Waals surface area contributed by atoms with Crippen molar-refractivity contribution in [3.8, 4) is 6.07 Å². The number of rotatable bonds is 10. The van der Waals surface area contributed by atoms with Crippen molar-refractivity contribution in [3.05, 3.63) is 52.3 Å². The normalized spacial score (nSPS) is 18.4. The molecule has 3 aromatic heterocycles. The van der Waals surface area contributed by atoms with E-state index in [1.54, 1.807) is 0 Å². The molecule has 0 amide bonds. The summed E-state index contributed by atoms with van der Waals surface area (Å²) in [7, 11) is -3.29. The molecule has 2 fully saturated rings. The van der Waals surface area contributed by atoms with Gasteiger partial charge in [0.05, 0.1) is 24.1 Å². The van der Waals surface area contributed by atoms with Crippen LogP contribution in [0.2, 0.25) is 0 Å². The van der Waals surface area contributed by atoms with Crippen molar-refractivity contribution in [2.45, 2.75) is 57.5 Å². The first-order valence-corrected chi connectivity index (χ1v) is 18.6. The summed E-state index contributed by atoms with van der Waals surface area (Å²) < 4.78 is 80.3. The fourth-order valence-electron chi connectivity index (χ4n) is 6.83. The molecule has 5 heterocycles. The molecule has 0 aliphatic carbocycles. The third-order valence-electron chi connectivity index (χ3n) is 9.49. The van der Waals surface area contributed by atoms with Crippen LogP contribution < -0.4 is 5.32 Å². The van der Waals surface area contributed by atoms with Crippen LogP contribution in [0.25, 0.3) is 21.1 Å². The molecule has 0 spiro atoms. The van der Waals surface area contributed by atoms with Crippen molar-refractivity contribution in [3.63, 3.8) is 0 Å². The van der Waals surface area contributed by atoms with E-state index < -0.39 is 35.3 Å². The van der Waals surface area contributed by atoms with E-state index in [0.717, 1.165) is 65.8 Å². The molecule has 1 N–H and O–H groups in total. The Bertz CT molecular complexity index is 1920. The van der Waals surface area contributed by atoms with Crippen LogP contribution in [0, 0.1) is 18.3 Å². The van der Waals surface area contributed by atoms with Crippen LogP contribution >= 0.6 is 11.3 Å². The number of sulfonamides is 1. The maximum atomic E-state index is 14.4. The Kier molecular flexibility index (Phi) is 9.97. The minimum Gasteiger partial charge on any atom is -0.367 e. The van der Waals surface area contributed by atoms with Gasteiger partial charge < -0.3 is 9.88 Å². The number of alkyl halides is 4. The zero-order valence-corrected chi connectivity index (χ0v) is 28.4. The number of likely N-dealkylation sites (tertiary alicyclic amines) is 1. The molecular weight excluding hydrogens is 669 g/mol. The minimum atomic E-state index is -4.28. The zero-order chi connectivity index (χ0) is 34.2. The second-order valence-electron chi connectivity index (χ2n) is 12.7. The lowest BCUT2D eigenvalue weighted by molar-refractivity contribution is -0.126. The van der Waals surface area contributed by atoms with Gasteiger partial charge >= 0.3 is 6.18 Å². The summed E-state index contributed by atoms with van der Waals surface area (Å²) >= 11 is 1.04. The standard InChI is InChI=1S/C32H38F4N8O2S2/c1-21-22(18-41-7-5-23(6-8-41)40-30-28-14-26(15-32(34,35)36)47-31(28)39-20-38-30)3-4-29-27(21)13-24(17-37)44(29)19-25(16-33)42-9-11-43(12-10-42)48(2,45)46/h3-4,13-14,20,23,25H,5-12,15-16,18-19H2,1-2H3,(H,38,39,40). The quantitative estimate of drug-likeness (QED) is 0.232. The van der Waals surface area contributed by atoms with Crippen molar-refractivity contribution in [2.24, 2.45) is 0 Å².